The maximum atomic E-state index is 14.7. The summed E-state index contributed by atoms with van der Waals surface area (Å²) in [7, 11) is 0. The molecule has 34 heavy (non-hydrogen) atoms. The van der Waals surface area contributed by atoms with E-state index < -0.39 is 17.8 Å². The van der Waals surface area contributed by atoms with Gasteiger partial charge in [0.15, 0.2) is 16.7 Å². The lowest BCUT2D eigenvalue weighted by Gasteiger charge is -2.30. The molecule has 1 aromatic heterocycles. The number of aliphatic hydroxyl groups is 1. The van der Waals surface area contributed by atoms with Crippen molar-refractivity contribution in [2.75, 3.05) is 25.0 Å². The molecule has 3 aromatic rings. The molecule has 0 radical (unpaired) electrons. The summed E-state index contributed by atoms with van der Waals surface area (Å²) in [5.74, 6) is -1.05. The first kappa shape index (κ1) is 23.7. The average Bonchev–Trinajstić information content (AvgIpc) is 3.18. The number of aromatic nitrogens is 1. The number of nitrogens with one attached hydrogen (secondary N) is 1. The SMILES string of the molecule is Cc1cnc(NC(=O)c2cc(Oc3ccc(C(=O)N4CCC4)cc3F)cc(O[C@@H](C)CO)c2)s1. The van der Waals surface area contributed by atoms with E-state index in [-0.39, 0.29) is 40.9 Å². The maximum absolute atomic E-state index is 14.7. The standard InChI is InChI=1S/C24H24FN3O5S/c1-14(13-29)32-18-8-17(22(30)27-24-26-12-15(2)34-24)9-19(11-18)33-21-5-4-16(10-20(21)25)23(31)28-6-3-7-28/h4-5,8-12,14,29H,3,6-7,13H2,1-2H3,(H,26,27,30)/t14-/m0/s1. The summed E-state index contributed by atoms with van der Waals surface area (Å²) >= 11 is 1.33. The summed E-state index contributed by atoms with van der Waals surface area (Å²) in [5, 5.41) is 12.5. The number of aliphatic hydroxyl groups excluding tert-OH is 1. The van der Waals surface area contributed by atoms with Gasteiger partial charge in [0.1, 0.15) is 17.6 Å². The minimum absolute atomic E-state index is 0.102. The second-order valence-electron chi connectivity index (χ2n) is 7.93. The van der Waals surface area contributed by atoms with Gasteiger partial charge in [-0.25, -0.2) is 9.37 Å². The van der Waals surface area contributed by atoms with Crippen LogP contribution in [-0.2, 0) is 0 Å². The second-order valence-corrected chi connectivity index (χ2v) is 9.16. The Morgan fingerprint density at radius 3 is 2.59 bits per heavy atom. The van der Waals surface area contributed by atoms with Crippen LogP contribution in [0.4, 0.5) is 9.52 Å². The van der Waals surface area contributed by atoms with Gasteiger partial charge in [0, 0.05) is 41.4 Å². The van der Waals surface area contributed by atoms with Crippen LogP contribution in [-0.4, -0.2) is 52.6 Å². The Kier molecular flexibility index (Phi) is 7.09. The number of carbonyl (C=O) groups excluding carboxylic acids is 2. The van der Waals surface area contributed by atoms with Crippen LogP contribution in [0, 0.1) is 12.7 Å². The molecule has 2 heterocycles. The largest absolute Gasteiger partial charge is 0.488 e. The lowest BCUT2D eigenvalue weighted by Crippen LogP contribution is -2.42. The molecule has 0 spiro atoms. The first-order chi connectivity index (χ1) is 16.3. The molecular weight excluding hydrogens is 461 g/mol. The highest BCUT2D eigenvalue weighted by molar-refractivity contribution is 7.15. The number of hydrogen-bond acceptors (Lipinski definition) is 7. The Morgan fingerprint density at radius 2 is 1.97 bits per heavy atom. The molecular formula is C24H24FN3O5S. The molecule has 2 N–H and O–H groups in total. The fourth-order valence-electron chi connectivity index (χ4n) is 3.23. The van der Waals surface area contributed by atoms with Gasteiger partial charge >= 0.3 is 0 Å². The quantitative estimate of drug-likeness (QED) is 0.495. The van der Waals surface area contributed by atoms with E-state index in [4.69, 9.17) is 9.47 Å². The number of nitrogens with zero attached hydrogens (tertiary/aromatic N) is 2. The zero-order chi connectivity index (χ0) is 24.2. The van der Waals surface area contributed by atoms with Crippen molar-refractivity contribution in [3.8, 4) is 17.2 Å². The summed E-state index contributed by atoms with van der Waals surface area (Å²) in [5.41, 5.74) is 0.452. The highest BCUT2D eigenvalue weighted by Gasteiger charge is 2.23. The van der Waals surface area contributed by atoms with E-state index in [1.165, 1.54) is 41.7 Å². The molecule has 1 saturated heterocycles. The van der Waals surface area contributed by atoms with Gasteiger partial charge in [-0.05, 0) is 50.6 Å². The zero-order valence-electron chi connectivity index (χ0n) is 18.7. The molecule has 178 valence electrons. The molecule has 1 aliphatic rings. The van der Waals surface area contributed by atoms with Crippen molar-refractivity contribution in [1.82, 2.24) is 9.88 Å². The van der Waals surface area contributed by atoms with Gasteiger partial charge in [-0.3, -0.25) is 14.9 Å². The van der Waals surface area contributed by atoms with E-state index in [1.54, 1.807) is 18.0 Å². The third kappa shape index (κ3) is 5.52. The normalized spacial score (nSPS) is 13.7. The molecule has 0 saturated carbocycles. The van der Waals surface area contributed by atoms with Crippen LogP contribution in [0.15, 0.2) is 42.6 Å². The van der Waals surface area contributed by atoms with E-state index in [9.17, 15) is 19.1 Å². The van der Waals surface area contributed by atoms with E-state index in [0.717, 1.165) is 17.4 Å². The zero-order valence-corrected chi connectivity index (χ0v) is 19.5. The van der Waals surface area contributed by atoms with Crippen molar-refractivity contribution in [2.24, 2.45) is 0 Å². The lowest BCUT2D eigenvalue weighted by atomic mass is 10.1. The predicted molar refractivity (Wildman–Crippen MR) is 125 cm³/mol. The number of rotatable bonds is 8. The monoisotopic (exact) mass is 485 g/mol. The summed E-state index contributed by atoms with van der Waals surface area (Å²) in [6.45, 7) is 4.65. The Labute approximate surface area is 200 Å². The summed E-state index contributed by atoms with van der Waals surface area (Å²) in [6.07, 6.45) is 2.06. The summed E-state index contributed by atoms with van der Waals surface area (Å²) < 4.78 is 26.1. The Hall–Kier alpha value is -3.50. The molecule has 8 nitrogen and oxygen atoms in total. The number of likely N-dealkylation sites (tertiary alicyclic amines) is 1. The van der Waals surface area contributed by atoms with Gasteiger partial charge in [-0.15, -0.1) is 11.3 Å². The van der Waals surface area contributed by atoms with Gasteiger partial charge in [0.2, 0.25) is 0 Å². The molecule has 1 aliphatic heterocycles. The Balaban J connectivity index is 1.58. The van der Waals surface area contributed by atoms with Crippen LogP contribution >= 0.6 is 11.3 Å². The second kappa shape index (κ2) is 10.2. The highest BCUT2D eigenvalue weighted by Crippen LogP contribution is 2.31. The number of thiazole rings is 1. The fourth-order valence-corrected chi connectivity index (χ4v) is 3.89. The molecule has 10 heteroatoms. The van der Waals surface area contributed by atoms with Gasteiger partial charge in [-0.1, -0.05) is 0 Å². The summed E-state index contributed by atoms with van der Waals surface area (Å²) in [4.78, 5) is 31.8. The maximum Gasteiger partial charge on any atom is 0.257 e. The fraction of sp³-hybridized carbons (Fsp3) is 0.292. The van der Waals surface area contributed by atoms with E-state index in [2.05, 4.69) is 10.3 Å². The van der Waals surface area contributed by atoms with Crippen molar-refractivity contribution in [3.63, 3.8) is 0 Å². The number of aryl methyl sites for hydroxylation is 1. The number of benzene rings is 2. The first-order valence-electron chi connectivity index (χ1n) is 10.8. The third-order valence-corrected chi connectivity index (χ3v) is 5.96. The number of amides is 2. The van der Waals surface area contributed by atoms with Crippen LogP contribution in [0.25, 0.3) is 0 Å². The minimum Gasteiger partial charge on any atom is -0.488 e. The molecule has 0 bridgehead atoms. The topological polar surface area (TPSA) is 101 Å². The molecule has 2 aromatic carbocycles. The molecule has 0 aliphatic carbocycles. The van der Waals surface area contributed by atoms with Crippen LogP contribution < -0.4 is 14.8 Å². The minimum atomic E-state index is -0.703. The van der Waals surface area contributed by atoms with Crippen LogP contribution in [0.2, 0.25) is 0 Å². The van der Waals surface area contributed by atoms with E-state index in [0.29, 0.717) is 18.2 Å². The number of halogens is 1. The van der Waals surface area contributed by atoms with Crippen LogP contribution in [0.5, 0.6) is 17.2 Å². The van der Waals surface area contributed by atoms with Crippen molar-refractivity contribution in [2.45, 2.75) is 26.4 Å². The molecule has 1 fully saturated rings. The predicted octanol–water partition coefficient (Wildman–Crippen LogP) is 4.24. The van der Waals surface area contributed by atoms with Gasteiger partial charge in [-0.2, -0.15) is 0 Å². The highest BCUT2D eigenvalue weighted by atomic mass is 32.1. The molecule has 1 atom stereocenters. The first-order valence-corrected chi connectivity index (χ1v) is 11.6. The Bertz CT molecular complexity index is 1210. The van der Waals surface area contributed by atoms with Gasteiger partial charge in [0.05, 0.1) is 6.61 Å². The number of anilines is 1. The van der Waals surface area contributed by atoms with Gasteiger partial charge < -0.3 is 19.5 Å². The smallest absolute Gasteiger partial charge is 0.257 e. The van der Waals surface area contributed by atoms with E-state index in [1.807, 2.05) is 6.92 Å². The van der Waals surface area contributed by atoms with Crippen molar-refractivity contribution in [3.05, 3.63) is 64.4 Å². The van der Waals surface area contributed by atoms with Crippen molar-refractivity contribution < 1.29 is 28.6 Å². The molecule has 2 amide bonds. The number of ether oxygens (including phenoxy) is 2. The average molecular weight is 486 g/mol. The number of hydrogen-bond donors (Lipinski definition) is 2. The lowest BCUT2D eigenvalue weighted by molar-refractivity contribution is 0.0651. The van der Waals surface area contributed by atoms with Gasteiger partial charge in [0.25, 0.3) is 11.8 Å². The van der Waals surface area contributed by atoms with Crippen molar-refractivity contribution in [1.29, 1.82) is 0 Å². The molecule has 4 rings (SSSR count). The Morgan fingerprint density at radius 1 is 1.21 bits per heavy atom. The number of carbonyl (C=O) groups is 2. The third-order valence-electron chi connectivity index (χ3n) is 5.13. The molecule has 0 unspecified atom stereocenters. The van der Waals surface area contributed by atoms with Crippen LogP contribution in [0.1, 0.15) is 38.9 Å². The van der Waals surface area contributed by atoms with Crippen LogP contribution in [0.3, 0.4) is 0 Å². The summed E-state index contributed by atoms with van der Waals surface area (Å²) in [6, 6.07) is 8.47. The van der Waals surface area contributed by atoms with E-state index >= 15 is 0 Å². The van der Waals surface area contributed by atoms with Crippen molar-refractivity contribution >= 4 is 28.3 Å².